The Kier molecular flexibility index (Phi) is 4.81. The van der Waals surface area contributed by atoms with Crippen molar-refractivity contribution < 1.29 is 9.53 Å². The van der Waals surface area contributed by atoms with Crippen molar-refractivity contribution in [2.24, 2.45) is 0 Å². The van der Waals surface area contributed by atoms with Gasteiger partial charge in [0.05, 0.1) is 6.10 Å². The van der Waals surface area contributed by atoms with Crippen molar-refractivity contribution in [3.63, 3.8) is 0 Å². The van der Waals surface area contributed by atoms with Crippen molar-refractivity contribution in [1.29, 1.82) is 0 Å². The van der Waals surface area contributed by atoms with Gasteiger partial charge in [-0.15, -0.1) is 0 Å². The first kappa shape index (κ1) is 11.7. The highest BCUT2D eigenvalue weighted by Gasteiger charge is 2.00. The number of rotatable bonds is 6. The average Bonchev–Trinajstić information content (AvgIpc) is 2.18. The van der Waals surface area contributed by atoms with Gasteiger partial charge in [-0.1, -0.05) is 6.07 Å². The second-order valence-electron chi connectivity index (χ2n) is 3.69. The predicted octanol–water partition coefficient (Wildman–Crippen LogP) is 2.39. The van der Waals surface area contributed by atoms with Crippen LogP contribution in [-0.2, 0) is 11.2 Å². The molecule has 0 spiro atoms. The van der Waals surface area contributed by atoms with E-state index in [9.17, 15) is 4.79 Å². The summed E-state index contributed by atoms with van der Waals surface area (Å²) in [5.41, 5.74) is 0.981. The van der Waals surface area contributed by atoms with Crippen LogP contribution in [0.5, 0.6) is 5.88 Å². The van der Waals surface area contributed by atoms with Crippen molar-refractivity contribution in [1.82, 2.24) is 4.98 Å². The van der Waals surface area contributed by atoms with Crippen LogP contribution in [0.4, 0.5) is 0 Å². The topological polar surface area (TPSA) is 39.2 Å². The monoisotopic (exact) mass is 207 g/mol. The fourth-order valence-electron chi connectivity index (χ4n) is 1.27. The second kappa shape index (κ2) is 6.17. The third kappa shape index (κ3) is 4.58. The normalized spacial score (nSPS) is 10.3. The van der Waals surface area contributed by atoms with E-state index in [0.717, 1.165) is 24.8 Å². The maximum Gasteiger partial charge on any atom is 0.213 e. The number of aryl methyl sites for hydroxylation is 1. The molecule has 0 atom stereocenters. The number of carbonyl (C=O) groups is 1. The van der Waals surface area contributed by atoms with Crippen LogP contribution in [0, 0.1) is 0 Å². The molecule has 0 fully saturated rings. The number of nitrogens with zero attached hydrogens (tertiary/aromatic N) is 1. The number of hydrogen-bond donors (Lipinski definition) is 0. The summed E-state index contributed by atoms with van der Waals surface area (Å²) in [4.78, 5) is 14.5. The Balaban J connectivity index is 2.53. The van der Waals surface area contributed by atoms with Crippen LogP contribution in [-0.4, -0.2) is 17.4 Å². The van der Waals surface area contributed by atoms with Crippen LogP contribution < -0.4 is 4.74 Å². The van der Waals surface area contributed by atoms with Crippen molar-refractivity contribution in [3.05, 3.63) is 23.9 Å². The molecule has 0 N–H and O–H groups in total. The molecule has 3 nitrogen and oxygen atoms in total. The van der Waals surface area contributed by atoms with Crippen LogP contribution >= 0.6 is 0 Å². The van der Waals surface area contributed by atoms with Crippen molar-refractivity contribution in [2.75, 3.05) is 0 Å². The summed E-state index contributed by atoms with van der Waals surface area (Å²) in [6.07, 6.45) is 3.35. The van der Waals surface area contributed by atoms with E-state index in [1.165, 1.54) is 0 Å². The van der Waals surface area contributed by atoms with E-state index in [0.29, 0.717) is 12.3 Å². The van der Waals surface area contributed by atoms with Crippen LogP contribution in [0.25, 0.3) is 0 Å². The van der Waals surface area contributed by atoms with Gasteiger partial charge in [0.15, 0.2) is 0 Å². The van der Waals surface area contributed by atoms with Gasteiger partial charge in [-0.25, -0.2) is 4.98 Å². The van der Waals surface area contributed by atoms with Gasteiger partial charge in [-0.2, -0.15) is 0 Å². The SMILES string of the molecule is CC(C)Oc1cccc(CCCC=O)n1. The van der Waals surface area contributed by atoms with E-state index < -0.39 is 0 Å². The van der Waals surface area contributed by atoms with Crippen LogP contribution in [0.3, 0.4) is 0 Å². The Hall–Kier alpha value is -1.38. The number of unbranched alkanes of at least 4 members (excludes halogenated alkanes) is 1. The summed E-state index contributed by atoms with van der Waals surface area (Å²) in [6, 6.07) is 5.74. The molecule has 0 aliphatic heterocycles. The van der Waals surface area contributed by atoms with E-state index in [4.69, 9.17) is 4.74 Å². The lowest BCUT2D eigenvalue weighted by molar-refractivity contribution is -0.107. The lowest BCUT2D eigenvalue weighted by atomic mass is 10.2. The number of hydrogen-bond acceptors (Lipinski definition) is 3. The zero-order valence-electron chi connectivity index (χ0n) is 9.27. The summed E-state index contributed by atoms with van der Waals surface area (Å²) in [5.74, 6) is 0.661. The Morgan fingerprint density at radius 2 is 2.27 bits per heavy atom. The second-order valence-corrected chi connectivity index (χ2v) is 3.69. The molecule has 82 valence electrons. The Morgan fingerprint density at radius 1 is 1.47 bits per heavy atom. The lowest BCUT2D eigenvalue weighted by Gasteiger charge is -2.09. The number of pyridine rings is 1. The molecular formula is C12H17NO2. The highest BCUT2D eigenvalue weighted by Crippen LogP contribution is 2.11. The minimum Gasteiger partial charge on any atom is -0.475 e. The fourth-order valence-corrected chi connectivity index (χ4v) is 1.27. The molecule has 1 aromatic heterocycles. The molecule has 0 aliphatic carbocycles. The maximum atomic E-state index is 10.2. The smallest absolute Gasteiger partial charge is 0.213 e. The molecule has 1 rings (SSSR count). The molecule has 15 heavy (non-hydrogen) atoms. The molecule has 0 saturated heterocycles. The van der Waals surface area contributed by atoms with Gasteiger partial charge < -0.3 is 9.53 Å². The fraction of sp³-hybridized carbons (Fsp3) is 0.500. The Bertz CT molecular complexity index is 310. The number of carbonyl (C=O) groups excluding carboxylic acids is 1. The average molecular weight is 207 g/mol. The molecule has 0 aromatic carbocycles. The van der Waals surface area contributed by atoms with Crippen LogP contribution in [0.15, 0.2) is 18.2 Å². The van der Waals surface area contributed by atoms with Gasteiger partial charge in [0.2, 0.25) is 5.88 Å². The molecular weight excluding hydrogens is 190 g/mol. The minimum atomic E-state index is 0.141. The standard InChI is InChI=1S/C12H17NO2/c1-10(2)15-12-8-5-7-11(13-12)6-3-4-9-14/h5,7-10H,3-4,6H2,1-2H3. The predicted molar refractivity (Wildman–Crippen MR) is 59.0 cm³/mol. The number of aromatic nitrogens is 1. The third-order valence-electron chi connectivity index (χ3n) is 1.89. The maximum absolute atomic E-state index is 10.2. The first-order valence-electron chi connectivity index (χ1n) is 5.28. The molecule has 0 aliphatic rings. The quantitative estimate of drug-likeness (QED) is 0.531. The Morgan fingerprint density at radius 3 is 2.93 bits per heavy atom. The summed E-state index contributed by atoms with van der Waals surface area (Å²) < 4.78 is 5.48. The molecule has 0 radical (unpaired) electrons. The zero-order valence-corrected chi connectivity index (χ0v) is 9.27. The molecule has 0 unspecified atom stereocenters. The van der Waals surface area contributed by atoms with Gasteiger partial charge in [0, 0.05) is 18.2 Å². The summed E-state index contributed by atoms with van der Waals surface area (Å²) in [7, 11) is 0. The van der Waals surface area contributed by atoms with E-state index in [1.807, 2.05) is 32.0 Å². The zero-order chi connectivity index (χ0) is 11.1. The highest BCUT2D eigenvalue weighted by atomic mass is 16.5. The number of aldehydes is 1. The van der Waals surface area contributed by atoms with Crippen molar-refractivity contribution in [3.8, 4) is 5.88 Å². The van der Waals surface area contributed by atoms with E-state index >= 15 is 0 Å². The van der Waals surface area contributed by atoms with E-state index in [-0.39, 0.29) is 6.10 Å². The minimum absolute atomic E-state index is 0.141. The summed E-state index contributed by atoms with van der Waals surface area (Å²) in [5, 5.41) is 0. The lowest BCUT2D eigenvalue weighted by Crippen LogP contribution is -2.07. The molecule has 0 bridgehead atoms. The van der Waals surface area contributed by atoms with Crippen LogP contribution in [0.2, 0.25) is 0 Å². The highest BCUT2D eigenvalue weighted by molar-refractivity contribution is 5.49. The first-order valence-corrected chi connectivity index (χ1v) is 5.28. The summed E-state index contributed by atoms with van der Waals surface area (Å²) in [6.45, 7) is 3.95. The van der Waals surface area contributed by atoms with E-state index in [1.54, 1.807) is 0 Å². The van der Waals surface area contributed by atoms with Gasteiger partial charge >= 0.3 is 0 Å². The largest absolute Gasteiger partial charge is 0.475 e. The number of ether oxygens (including phenoxy) is 1. The van der Waals surface area contributed by atoms with Gasteiger partial charge in [0.1, 0.15) is 6.29 Å². The molecule has 3 heteroatoms. The van der Waals surface area contributed by atoms with E-state index in [2.05, 4.69) is 4.98 Å². The molecule has 0 amide bonds. The van der Waals surface area contributed by atoms with Crippen molar-refractivity contribution in [2.45, 2.75) is 39.2 Å². The van der Waals surface area contributed by atoms with Gasteiger partial charge in [-0.3, -0.25) is 0 Å². The van der Waals surface area contributed by atoms with Crippen molar-refractivity contribution >= 4 is 6.29 Å². The molecule has 1 aromatic rings. The summed E-state index contributed by atoms with van der Waals surface area (Å²) >= 11 is 0. The Labute approximate surface area is 90.5 Å². The molecule has 1 heterocycles. The van der Waals surface area contributed by atoms with Gasteiger partial charge in [0.25, 0.3) is 0 Å². The van der Waals surface area contributed by atoms with Crippen LogP contribution in [0.1, 0.15) is 32.4 Å². The first-order chi connectivity index (χ1) is 7.22. The third-order valence-corrected chi connectivity index (χ3v) is 1.89. The molecule has 0 saturated carbocycles. The van der Waals surface area contributed by atoms with Gasteiger partial charge in [-0.05, 0) is 32.8 Å².